The average Bonchev–Trinajstić information content (AvgIpc) is 2.89. The van der Waals surface area contributed by atoms with Crippen molar-refractivity contribution in [3.05, 3.63) is 28.0 Å². The first-order valence-electron chi connectivity index (χ1n) is 5.44. The Morgan fingerprint density at radius 3 is 2.45 bits per heavy atom. The van der Waals surface area contributed by atoms with Gasteiger partial charge < -0.3 is 18.6 Å². The number of furan rings is 1. The fourth-order valence-electron chi connectivity index (χ4n) is 1.84. The van der Waals surface area contributed by atoms with E-state index >= 15 is 0 Å². The minimum Gasteiger partial charge on any atom is -0.493 e. The van der Waals surface area contributed by atoms with E-state index in [4.69, 9.17) is 13.9 Å². The molecule has 0 aliphatic heterocycles. The Kier molecular flexibility index (Phi) is 3.47. The van der Waals surface area contributed by atoms with Gasteiger partial charge in [-0.05, 0) is 0 Å². The summed E-state index contributed by atoms with van der Waals surface area (Å²) in [6, 6.07) is 2.49. The van der Waals surface area contributed by atoms with Crippen molar-refractivity contribution in [3.63, 3.8) is 0 Å². The molecule has 0 bridgehead atoms. The van der Waals surface area contributed by atoms with Gasteiger partial charge in [0.05, 0.1) is 37.7 Å². The molecule has 0 saturated carbocycles. The molecule has 0 unspecified atom stereocenters. The standard InChI is InChI=1S/C12H11NO7/c1-17-8-5-7(13(15)16)10(18-2)6-4-9(12(14)19-3)20-11(6)8/h4-5H,1-3H3. The van der Waals surface area contributed by atoms with Crippen LogP contribution in [0.15, 0.2) is 16.5 Å². The number of methoxy groups -OCH3 is 3. The van der Waals surface area contributed by atoms with E-state index in [1.807, 2.05) is 0 Å². The van der Waals surface area contributed by atoms with Crippen molar-refractivity contribution in [1.29, 1.82) is 0 Å². The molecule has 2 aromatic rings. The minimum atomic E-state index is -0.701. The molecule has 0 radical (unpaired) electrons. The Labute approximate surface area is 113 Å². The fourth-order valence-corrected chi connectivity index (χ4v) is 1.84. The summed E-state index contributed by atoms with van der Waals surface area (Å²) in [6.07, 6.45) is 0. The molecule has 0 atom stereocenters. The Hall–Kier alpha value is -2.77. The number of ether oxygens (including phenoxy) is 3. The average molecular weight is 281 g/mol. The predicted molar refractivity (Wildman–Crippen MR) is 67.3 cm³/mol. The number of nitrogens with zero attached hydrogens (tertiary/aromatic N) is 1. The lowest BCUT2D eigenvalue weighted by Crippen LogP contribution is -1.98. The summed E-state index contributed by atoms with van der Waals surface area (Å²) < 4.78 is 19.9. The smallest absolute Gasteiger partial charge is 0.373 e. The van der Waals surface area contributed by atoms with Gasteiger partial charge >= 0.3 is 11.7 Å². The van der Waals surface area contributed by atoms with Gasteiger partial charge in [-0.25, -0.2) is 4.79 Å². The highest BCUT2D eigenvalue weighted by atomic mass is 16.6. The van der Waals surface area contributed by atoms with E-state index in [2.05, 4.69) is 4.74 Å². The number of carbonyl (C=O) groups is 1. The molecule has 2 rings (SSSR count). The molecule has 1 aromatic heterocycles. The number of carbonyl (C=O) groups excluding carboxylic acids is 1. The van der Waals surface area contributed by atoms with Crippen LogP contribution in [0.1, 0.15) is 10.6 Å². The van der Waals surface area contributed by atoms with Gasteiger partial charge in [-0.15, -0.1) is 0 Å². The second-order valence-electron chi connectivity index (χ2n) is 3.73. The van der Waals surface area contributed by atoms with Crippen LogP contribution in [-0.2, 0) is 4.74 Å². The zero-order chi connectivity index (χ0) is 14.9. The molecule has 1 aromatic carbocycles. The summed E-state index contributed by atoms with van der Waals surface area (Å²) >= 11 is 0. The van der Waals surface area contributed by atoms with Crippen LogP contribution in [-0.4, -0.2) is 32.2 Å². The first kappa shape index (κ1) is 13.7. The van der Waals surface area contributed by atoms with Crippen LogP contribution < -0.4 is 9.47 Å². The molecular weight excluding hydrogens is 270 g/mol. The maximum Gasteiger partial charge on any atom is 0.373 e. The van der Waals surface area contributed by atoms with Crippen molar-refractivity contribution in [2.75, 3.05) is 21.3 Å². The Bertz CT molecular complexity index is 689. The molecule has 0 amide bonds. The zero-order valence-corrected chi connectivity index (χ0v) is 11.0. The molecule has 1 heterocycles. The normalized spacial score (nSPS) is 10.3. The molecule has 106 valence electrons. The van der Waals surface area contributed by atoms with E-state index in [-0.39, 0.29) is 33.9 Å². The quantitative estimate of drug-likeness (QED) is 0.480. The maximum atomic E-state index is 11.5. The second kappa shape index (κ2) is 5.08. The summed E-state index contributed by atoms with van der Waals surface area (Å²) in [5, 5.41) is 11.3. The van der Waals surface area contributed by atoms with Gasteiger partial charge in [0.15, 0.2) is 11.3 Å². The van der Waals surface area contributed by atoms with Crippen LogP contribution in [0.3, 0.4) is 0 Å². The molecule has 20 heavy (non-hydrogen) atoms. The topological polar surface area (TPSA) is 101 Å². The highest BCUT2D eigenvalue weighted by Gasteiger charge is 2.26. The van der Waals surface area contributed by atoms with Crippen LogP contribution in [0.25, 0.3) is 11.0 Å². The minimum absolute atomic E-state index is 0.00953. The lowest BCUT2D eigenvalue weighted by atomic mass is 10.2. The highest BCUT2D eigenvalue weighted by molar-refractivity contribution is 5.99. The largest absolute Gasteiger partial charge is 0.493 e. The molecule has 0 aliphatic carbocycles. The van der Waals surface area contributed by atoms with Gasteiger partial charge in [0.1, 0.15) is 0 Å². The van der Waals surface area contributed by atoms with Gasteiger partial charge in [-0.1, -0.05) is 0 Å². The molecular formula is C12H11NO7. The number of nitro groups is 1. The zero-order valence-electron chi connectivity index (χ0n) is 11.0. The third kappa shape index (κ3) is 2.00. The van der Waals surface area contributed by atoms with E-state index in [0.717, 1.165) is 0 Å². The van der Waals surface area contributed by atoms with Crippen LogP contribution >= 0.6 is 0 Å². The van der Waals surface area contributed by atoms with E-state index in [0.29, 0.717) is 0 Å². The molecule has 0 fully saturated rings. The van der Waals surface area contributed by atoms with Crippen molar-refractivity contribution in [3.8, 4) is 11.5 Å². The predicted octanol–water partition coefficient (Wildman–Crippen LogP) is 2.14. The molecule has 8 nitrogen and oxygen atoms in total. The molecule has 0 saturated heterocycles. The number of esters is 1. The van der Waals surface area contributed by atoms with Crippen LogP contribution in [0.2, 0.25) is 0 Å². The number of hydrogen-bond acceptors (Lipinski definition) is 7. The van der Waals surface area contributed by atoms with Crippen molar-refractivity contribution in [2.45, 2.75) is 0 Å². The van der Waals surface area contributed by atoms with Crippen LogP contribution in [0, 0.1) is 10.1 Å². The Morgan fingerprint density at radius 1 is 1.25 bits per heavy atom. The molecule has 0 N–H and O–H groups in total. The van der Waals surface area contributed by atoms with Crippen LogP contribution in [0.4, 0.5) is 5.69 Å². The maximum absolute atomic E-state index is 11.5. The molecule has 0 aliphatic rings. The second-order valence-corrected chi connectivity index (χ2v) is 3.73. The monoisotopic (exact) mass is 281 g/mol. The van der Waals surface area contributed by atoms with Crippen molar-refractivity contribution < 1.29 is 28.3 Å². The lowest BCUT2D eigenvalue weighted by molar-refractivity contribution is -0.385. The SMILES string of the molecule is COC(=O)c1cc2c(OC)c([N+](=O)[O-])cc(OC)c2o1. The first-order chi connectivity index (χ1) is 9.53. The lowest BCUT2D eigenvalue weighted by Gasteiger charge is -2.05. The van der Waals surface area contributed by atoms with Gasteiger partial charge in [-0.3, -0.25) is 10.1 Å². The number of fused-ring (bicyclic) bond motifs is 1. The highest BCUT2D eigenvalue weighted by Crippen LogP contribution is 2.42. The first-order valence-corrected chi connectivity index (χ1v) is 5.44. The summed E-state index contributed by atoms with van der Waals surface area (Å²) in [7, 11) is 3.83. The van der Waals surface area contributed by atoms with Crippen LogP contribution in [0.5, 0.6) is 11.5 Å². The number of rotatable bonds is 4. The fraction of sp³-hybridized carbons (Fsp3) is 0.250. The van der Waals surface area contributed by atoms with E-state index in [1.54, 1.807) is 0 Å². The van der Waals surface area contributed by atoms with E-state index in [1.165, 1.54) is 33.5 Å². The van der Waals surface area contributed by atoms with Gasteiger partial charge in [-0.2, -0.15) is 0 Å². The molecule has 8 heteroatoms. The molecule has 0 spiro atoms. The third-order valence-corrected chi connectivity index (χ3v) is 2.71. The van der Waals surface area contributed by atoms with E-state index in [9.17, 15) is 14.9 Å². The summed E-state index contributed by atoms with van der Waals surface area (Å²) in [6.45, 7) is 0. The summed E-state index contributed by atoms with van der Waals surface area (Å²) in [5.74, 6) is -0.681. The Balaban J connectivity index is 2.82. The van der Waals surface area contributed by atoms with E-state index < -0.39 is 10.9 Å². The number of benzene rings is 1. The number of nitro benzene ring substituents is 1. The Morgan fingerprint density at radius 2 is 1.95 bits per heavy atom. The van der Waals surface area contributed by atoms with Gasteiger partial charge in [0, 0.05) is 6.07 Å². The van der Waals surface area contributed by atoms with Crippen molar-refractivity contribution >= 4 is 22.6 Å². The number of hydrogen-bond donors (Lipinski definition) is 0. The van der Waals surface area contributed by atoms with Crippen molar-refractivity contribution in [1.82, 2.24) is 0 Å². The van der Waals surface area contributed by atoms with Gasteiger partial charge in [0.25, 0.3) is 0 Å². The third-order valence-electron chi connectivity index (χ3n) is 2.71. The van der Waals surface area contributed by atoms with Gasteiger partial charge in [0.2, 0.25) is 11.5 Å². The summed E-state index contributed by atoms with van der Waals surface area (Å²) in [4.78, 5) is 21.9. The van der Waals surface area contributed by atoms with Crippen molar-refractivity contribution in [2.24, 2.45) is 0 Å². The summed E-state index contributed by atoms with van der Waals surface area (Å²) in [5.41, 5.74) is -0.107.